The van der Waals surface area contributed by atoms with Crippen molar-refractivity contribution >= 4 is 5.97 Å². The molecule has 0 amide bonds. The molecule has 0 unspecified atom stereocenters. The molecule has 0 spiro atoms. The van der Waals surface area contributed by atoms with Gasteiger partial charge >= 0.3 is 5.97 Å². The van der Waals surface area contributed by atoms with Crippen LogP contribution in [-0.4, -0.2) is 26.3 Å². The Balaban J connectivity index is 1.18. The molecule has 6 aromatic carbocycles. The molecule has 0 N–H and O–H groups in total. The van der Waals surface area contributed by atoms with Crippen LogP contribution >= 0.6 is 0 Å². The van der Waals surface area contributed by atoms with E-state index in [-0.39, 0.29) is 5.82 Å². The van der Waals surface area contributed by atoms with Gasteiger partial charge in [0.2, 0.25) is 0 Å². The first-order valence-corrected chi connectivity index (χ1v) is 17.4. The van der Waals surface area contributed by atoms with Crippen LogP contribution in [-0.2, 0) is 24.2 Å². The molecule has 0 saturated carbocycles. The molecule has 0 saturated heterocycles. The van der Waals surface area contributed by atoms with Crippen molar-refractivity contribution in [3.63, 3.8) is 0 Å². The second-order valence-corrected chi connectivity index (χ2v) is 12.1. The Morgan fingerprint density at radius 3 is 1.96 bits per heavy atom. The number of hydrogen-bond donors (Lipinski definition) is 0. The Kier molecular flexibility index (Phi) is 12.2. The molecule has 6 rings (SSSR count). The van der Waals surface area contributed by atoms with Crippen LogP contribution in [0.3, 0.4) is 0 Å². The Morgan fingerprint density at radius 1 is 0.615 bits per heavy atom. The van der Waals surface area contributed by atoms with Gasteiger partial charge in [-0.25, -0.2) is 9.18 Å². The van der Waals surface area contributed by atoms with Crippen molar-refractivity contribution in [2.75, 3.05) is 20.3 Å². The molecule has 0 atom stereocenters. The third-order valence-corrected chi connectivity index (χ3v) is 8.57. The summed E-state index contributed by atoms with van der Waals surface area (Å²) in [6.45, 7) is 3.28. The number of hydrogen-bond acceptors (Lipinski definition) is 6. The van der Waals surface area contributed by atoms with Crippen LogP contribution in [0.5, 0.6) is 28.7 Å². The fraction of sp³-hybridized carbons (Fsp3) is 0.178. The van der Waals surface area contributed by atoms with E-state index in [1.807, 2.05) is 78.9 Å². The van der Waals surface area contributed by atoms with Crippen LogP contribution in [0.15, 0.2) is 140 Å². The zero-order valence-electron chi connectivity index (χ0n) is 29.3. The minimum atomic E-state index is -0.473. The zero-order chi connectivity index (χ0) is 36.1. The molecule has 6 nitrogen and oxygen atoms in total. The molecule has 0 aliphatic heterocycles. The number of carbonyl (C=O) groups is 1. The van der Waals surface area contributed by atoms with Crippen molar-refractivity contribution in [3.05, 3.63) is 173 Å². The van der Waals surface area contributed by atoms with Gasteiger partial charge in [0.05, 0.1) is 20.3 Å². The van der Waals surface area contributed by atoms with Gasteiger partial charge in [0.15, 0.2) is 0 Å². The lowest BCUT2D eigenvalue weighted by Crippen LogP contribution is -2.08. The number of para-hydroxylation sites is 1. The molecule has 0 bridgehead atoms. The van der Waals surface area contributed by atoms with Crippen LogP contribution in [0.1, 0.15) is 46.0 Å². The van der Waals surface area contributed by atoms with Crippen molar-refractivity contribution in [2.24, 2.45) is 0 Å². The third kappa shape index (κ3) is 9.17. The highest BCUT2D eigenvalue weighted by atomic mass is 19.1. The number of halogens is 1. The number of benzene rings is 6. The van der Waals surface area contributed by atoms with E-state index in [1.165, 1.54) is 19.2 Å². The molecular formula is C45H41FO6. The Hall–Kier alpha value is -6.08. The number of aryl methyl sites for hydroxylation is 1. The average Bonchev–Trinajstić information content (AvgIpc) is 3.19. The monoisotopic (exact) mass is 696 g/mol. The standard InChI is InChI=1S/C45H41FO6/c1-3-34-29-38(35-22-24-36(46)25-23-35)44(51-31-33-16-8-5-9-17-33)30-43(34)50-27-13-26-49-40-20-12-21-42(39(40)28-32-14-6-4-7-15-32)52-41-19-11-10-18-37(41)45(47)48-2/h4-12,14-25,29-30H,3,13,26-28,31H2,1-2H3. The predicted molar refractivity (Wildman–Crippen MR) is 201 cm³/mol. The SMILES string of the molecule is CCc1cc(-c2ccc(F)cc2)c(OCc2ccccc2)cc1OCCCOc1cccc(Oc2ccccc2C(=O)OC)c1Cc1ccccc1. The highest BCUT2D eigenvalue weighted by Crippen LogP contribution is 2.38. The molecule has 7 heteroatoms. The first-order chi connectivity index (χ1) is 25.5. The first-order valence-electron chi connectivity index (χ1n) is 17.4. The molecule has 52 heavy (non-hydrogen) atoms. The Labute approximate surface area is 304 Å². The molecule has 6 aromatic rings. The van der Waals surface area contributed by atoms with E-state index in [4.69, 9.17) is 23.7 Å². The molecular weight excluding hydrogens is 655 g/mol. The van der Waals surface area contributed by atoms with E-state index in [2.05, 4.69) is 25.1 Å². The summed E-state index contributed by atoms with van der Waals surface area (Å²) >= 11 is 0. The molecule has 0 aliphatic rings. The minimum absolute atomic E-state index is 0.288. The summed E-state index contributed by atoms with van der Waals surface area (Å²) in [4.78, 5) is 12.5. The fourth-order valence-corrected chi connectivity index (χ4v) is 5.85. The number of ether oxygens (including phenoxy) is 5. The van der Waals surface area contributed by atoms with Crippen molar-refractivity contribution in [2.45, 2.75) is 32.8 Å². The van der Waals surface area contributed by atoms with E-state index < -0.39 is 5.97 Å². The van der Waals surface area contributed by atoms with Gasteiger partial charge < -0.3 is 23.7 Å². The zero-order valence-corrected chi connectivity index (χ0v) is 29.3. The highest BCUT2D eigenvalue weighted by molar-refractivity contribution is 5.92. The maximum Gasteiger partial charge on any atom is 0.341 e. The maximum atomic E-state index is 13.8. The number of esters is 1. The van der Waals surface area contributed by atoms with Crippen LogP contribution in [0.4, 0.5) is 4.39 Å². The van der Waals surface area contributed by atoms with Gasteiger partial charge in [-0.3, -0.25) is 0 Å². The number of carbonyl (C=O) groups excluding carboxylic acids is 1. The van der Waals surface area contributed by atoms with E-state index in [9.17, 15) is 9.18 Å². The van der Waals surface area contributed by atoms with Crippen LogP contribution < -0.4 is 18.9 Å². The lowest BCUT2D eigenvalue weighted by atomic mass is 10.00. The average molecular weight is 697 g/mol. The normalized spacial score (nSPS) is 10.8. The largest absolute Gasteiger partial charge is 0.493 e. The van der Waals surface area contributed by atoms with Gasteiger partial charge in [-0.2, -0.15) is 0 Å². The molecule has 0 radical (unpaired) electrons. The van der Waals surface area contributed by atoms with E-state index in [0.717, 1.165) is 45.6 Å². The quantitative estimate of drug-likeness (QED) is 0.0741. The lowest BCUT2D eigenvalue weighted by molar-refractivity contribution is 0.0598. The number of methoxy groups -OCH3 is 1. The van der Waals surface area contributed by atoms with Gasteiger partial charge in [-0.05, 0) is 71.1 Å². The summed E-state index contributed by atoms with van der Waals surface area (Å²) in [5.74, 6) is 2.31. The van der Waals surface area contributed by atoms with Crippen LogP contribution in [0.25, 0.3) is 11.1 Å². The smallest absolute Gasteiger partial charge is 0.341 e. The van der Waals surface area contributed by atoms with E-state index in [0.29, 0.717) is 61.2 Å². The summed E-state index contributed by atoms with van der Waals surface area (Å²) < 4.78 is 44.2. The minimum Gasteiger partial charge on any atom is -0.493 e. The molecule has 0 fully saturated rings. The molecule has 264 valence electrons. The Bertz CT molecular complexity index is 2060. The molecule has 0 aliphatic carbocycles. The topological polar surface area (TPSA) is 63.2 Å². The predicted octanol–water partition coefficient (Wildman–Crippen LogP) is 10.7. The Morgan fingerprint density at radius 2 is 1.25 bits per heavy atom. The third-order valence-electron chi connectivity index (χ3n) is 8.57. The van der Waals surface area contributed by atoms with Crippen molar-refractivity contribution < 1.29 is 32.9 Å². The highest BCUT2D eigenvalue weighted by Gasteiger charge is 2.18. The second-order valence-electron chi connectivity index (χ2n) is 12.1. The first kappa shape index (κ1) is 35.7. The summed E-state index contributed by atoms with van der Waals surface area (Å²) in [6, 6.07) is 43.2. The maximum absolute atomic E-state index is 13.8. The van der Waals surface area contributed by atoms with E-state index >= 15 is 0 Å². The van der Waals surface area contributed by atoms with E-state index in [1.54, 1.807) is 30.3 Å². The summed E-state index contributed by atoms with van der Waals surface area (Å²) in [7, 11) is 1.35. The summed E-state index contributed by atoms with van der Waals surface area (Å²) in [5, 5.41) is 0. The van der Waals surface area contributed by atoms with Crippen molar-refractivity contribution in [1.29, 1.82) is 0 Å². The van der Waals surface area contributed by atoms with Crippen LogP contribution in [0.2, 0.25) is 0 Å². The summed E-state index contributed by atoms with van der Waals surface area (Å²) in [6.07, 6.45) is 1.92. The number of rotatable bonds is 16. The van der Waals surface area contributed by atoms with Gasteiger partial charge in [0.1, 0.15) is 46.7 Å². The molecule has 0 heterocycles. The lowest BCUT2D eigenvalue weighted by Gasteiger charge is -2.19. The van der Waals surface area contributed by atoms with Crippen LogP contribution in [0, 0.1) is 5.82 Å². The van der Waals surface area contributed by atoms with Gasteiger partial charge in [0.25, 0.3) is 0 Å². The van der Waals surface area contributed by atoms with Gasteiger partial charge in [-0.15, -0.1) is 0 Å². The van der Waals surface area contributed by atoms with Crippen molar-refractivity contribution in [1.82, 2.24) is 0 Å². The fourth-order valence-electron chi connectivity index (χ4n) is 5.85. The van der Waals surface area contributed by atoms with Gasteiger partial charge in [-0.1, -0.05) is 97.9 Å². The van der Waals surface area contributed by atoms with Gasteiger partial charge in [0, 0.05) is 30.0 Å². The second kappa shape index (κ2) is 17.7. The summed E-state index contributed by atoms with van der Waals surface area (Å²) in [5.41, 5.74) is 6.10. The van der Waals surface area contributed by atoms with Crippen molar-refractivity contribution in [3.8, 4) is 39.9 Å². The molecule has 0 aromatic heterocycles.